The number of nitrogens with two attached hydrogens (primary N) is 1. The van der Waals surface area contributed by atoms with Gasteiger partial charge in [0.1, 0.15) is 0 Å². The Morgan fingerprint density at radius 2 is 1.80 bits per heavy atom. The smallest absolute Gasteiger partial charge is 0.279 e. The average Bonchev–Trinajstić information content (AvgIpc) is 2.18. The van der Waals surface area contributed by atoms with E-state index in [2.05, 4.69) is 4.72 Å². The van der Waals surface area contributed by atoms with Gasteiger partial charge in [-0.2, -0.15) is 17.4 Å². The number of nitrogens with zero attached hydrogens (tertiary/aromatic N) is 1. The predicted molar refractivity (Wildman–Crippen MR) is 60.6 cm³/mol. The van der Waals surface area contributed by atoms with Crippen LogP contribution in [0.15, 0.2) is 0 Å². The van der Waals surface area contributed by atoms with Crippen molar-refractivity contribution < 1.29 is 8.42 Å². The van der Waals surface area contributed by atoms with Crippen molar-refractivity contribution in [3.8, 4) is 0 Å². The Hall–Kier alpha value is -0.170. The van der Waals surface area contributed by atoms with Crippen LogP contribution >= 0.6 is 0 Å². The third kappa shape index (κ3) is 3.14. The van der Waals surface area contributed by atoms with Gasteiger partial charge in [-0.05, 0) is 12.8 Å². The highest BCUT2D eigenvalue weighted by Crippen LogP contribution is 2.28. The van der Waals surface area contributed by atoms with Crippen molar-refractivity contribution in [3.05, 3.63) is 0 Å². The summed E-state index contributed by atoms with van der Waals surface area (Å²) in [7, 11) is -0.319. The van der Waals surface area contributed by atoms with Gasteiger partial charge in [0, 0.05) is 26.2 Å². The van der Waals surface area contributed by atoms with E-state index in [1.54, 1.807) is 0 Å². The molecular formula is C9H21N3O2S. The fourth-order valence-corrected chi connectivity index (χ4v) is 2.96. The summed E-state index contributed by atoms with van der Waals surface area (Å²) < 4.78 is 27.4. The van der Waals surface area contributed by atoms with Crippen LogP contribution < -0.4 is 10.5 Å². The van der Waals surface area contributed by atoms with Crippen LogP contribution in [-0.2, 0) is 10.2 Å². The minimum Gasteiger partial charge on any atom is -0.329 e. The number of rotatable bonds is 4. The first-order chi connectivity index (χ1) is 6.92. The highest BCUT2D eigenvalue weighted by Gasteiger charge is 2.35. The van der Waals surface area contributed by atoms with Gasteiger partial charge in [-0.25, -0.2) is 0 Å². The lowest BCUT2D eigenvalue weighted by Gasteiger charge is -2.37. The van der Waals surface area contributed by atoms with Crippen molar-refractivity contribution >= 4 is 10.2 Å². The van der Waals surface area contributed by atoms with Crippen molar-refractivity contribution in [2.75, 3.05) is 20.6 Å². The topological polar surface area (TPSA) is 75.4 Å². The Morgan fingerprint density at radius 3 is 2.20 bits per heavy atom. The molecule has 0 aromatic carbocycles. The van der Waals surface area contributed by atoms with Gasteiger partial charge in [0.2, 0.25) is 0 Å². The van der Waals surface area contributed by atoms with E-state index in [0.29, 0.717) is 6.54 Å². The first-order valence-corrected chi connectivity index (χ1v) is 6.77. The maximum Gasteiger partial charge on any atom is 0.279 e. The first kappa shape index (κ1) is 12.9. The van der Waals surface area contributed by atoms with Gasteiger partial charge in [-0.15, -0.1) is 0 Å². The molecule has 1 fully saturated rings. The van der Waals surface area contributed by atoms with Crippen molar-refractivity contribution in [2.24, 2.45) is 5.73 Å². The van der Waals surface area contributed by atoms with Crippen LogP contribution in [0.1, 0.15) is 32.1 Å². The third-order valence-corrected chi connectivity index (χ3v) is 4.68. The van der Waals surface area contributed by atoms with Crippen molar-refractivity contribution in [2.45, 2.75) is 37.6 Å². The molecule has 1 saturated carbocycles. The van der Waals surface area contributed by atoms with Crippen LogP contribution in [0, 0.1) is 0 Å². The summed E-state index contributed by atoms with van der Waals surface area (Å²) in [6.45, 7) is 0.375. The quantitative estimate of drug-likeness (QED) is 0.722. The largest absolute Gasteiger partial charge is 0.329 e. The normalized spacial score (nSPS) is 21.9. The zero-order valence-electron chi connectivity index (χ0n) is 9.49. The number of hydrogen-bond acceptors (Lipinski definition) is 3. The van der Waals surface area contributed by atoms with E-state index in [9.17, 15) is 8.42 Å². The van der Waals surface area contributed by atoms with Gasteiger partial charge in [-0.1, -0.05) is 19.3 Å². The summed E-state index contributed by atoms with van der Waals surface area (Å²) in [6, 6.07) is 0. The van der Waals surface area contributed by atoms with Crippen LogP contribution in [0.5, 0.6) is 0 Å². The molecule has 90 valence electrons. The molecule has 0 heterocycles. The molecular weight excluding hydrogens is 214 g/mol. The van der Waals surface area contributed by atoms with Crippen LogP contribution in [-0.4, -0.2) is 38.9 Å². The van der Waals surface area contributed by atoms with E-state index in [1.165, 1.54) is 24.8 Å². The minimum atomic E-state index is -3.37. The fourth-order valence-electron chi connectivity index (χ4n) is 1.94. The lowest BCUT2D eigenvalue weighted by Crippen LogP contribution is -2.57. The van der Waals surface area contributed by atoms with Gasteiger partial charge in [-0.3, -0.25) is 0 Å². The standard InChI is InChI=1S/C9H21N3O2S/c1-12(2)15(13,14)11-9(8-10)6-4-3-5-7-9/h11H,3-8,10H2,1-2H3. The zero-order valence-corrected chi connectivity index (χ0v) is 10.3. The molecule has 5 nitrogen and oxygen atoms in total. The predicted octanol–water partition coefficient (Wildman–Crippen LogP) is 0.0440. The molecule has 0 radical (unpaired) electrons. The van der Waals surface area contributed by atoms with E-state index in [4.69, 9.17) is 5.73 Å². The Bertz CT molecular complexity index is 294. The average molecular weight is 235 g/mol. The summed E-state index contributed by atoms with van der Waals surface area (Å²) in [5.41, 5.74) is 5.28. The van der Waals surface area contributed by atoms with E-state index in [0.717, 1.165) is 25.7 Å². The Balaban J connectivity index is 2.76. The molecule has 3 N–H and O–H groups in total. The molecule has 0 bridgehead atoms. The summed E-state index contributed by atoms with van der Waals surface area (Å²) in [5, 5.41) is 0. The van der Waals surface area contributed by atoms with Gasteiger partial charge in [0.05, 0.1) is 0 Å². The number of nitrogens with one attached hydrogen (secondary N) is 1. The van der Waals surface area contributed by atoms with E-state index in [1.807, 2.05) is 0 Å². The molecule has 0 aromatic heterocycles. The van der Waals surface area contributed by atoms with Crippen molar-refractivity contribution in [3.63, 3.8) is 0 Å². The van der Waals surface area contributed by atoms with Gasteiger partial charge >= 0.3 is 0 Å². The molecule has 0 aromatic rings. The number of hydrogen-bond donors (Lipinski definition) is 2. The highest BCUT2D eigenvalue weighted by molar-refractivity contribution is 7.87. The lowest BCUT2D eigenvalue weighted by atomic mass is 9.83. The minimum absolute atomic E-state index is 0.375. The molecule has 1 aliphatic carbocycles. The van der Waals surface area contributed by atoms with Crippen molar-refractivity contribution in [1.29, 1.82) is 0 Å². The van der Waals surface area contributed by atoms with Crippen LogP contribution in [0.25, 0.3) is 0 Å². The van der Waals surface area contributed by atoms with Gasteiger partial charge in [0.25, 0.3) is 10.2 Å². The molecule has 6 heteroatoms. The Kier molecular flexibility index (Phi) is 4.11. The summed E-state index contributed by atoms with van der Waals surface area (Å²) in [5.74, 6) is 0. The molecule has 15 heavy (non-hydrogen) atoms. The molecule has 1 rings (SSSR count). The monoisotopic (exact) mass is 235 g/mol. The molecule has 0 atom stereocenters. The second-order valence-electron chi connectivity index (χ2n) is 4.43. The molecule has 0 unspecified atom stereocenters. The molecule has 1 aliphatic rings. The van der Waals surface area contributed by atoms with Gasteiger partial charge in [0.15, 0.2) is 0 Å². The maximum atomic E-state index is 11.7. The summed E-state index contributed by atoms with van der Waals surface area (Å²) in [4.78, 5) is 0. The zero-order chi connectivity index (χ0) is 11.5. The SMILES string of the molecule is CN(C)S(=O)(=O)NC1(CN)CCCCC1. The Labute approximate surface area is 92.2 Å². The Morgan fingerprint density at radius 1 is 1.27 bits per heavy atom. The van der Waals surface area contributed by atoms with Crippen LogP contribution in [0.2, 0.25) is 0 Å². The van der Waals surface area contributed by atoms with Gasteiger partial charge < -0.3 is 5.73 Å². The second-order valence-corrected chi connectivity index (χ2v) is 6.32. The molecule has 0 amide bonds. The molecule has 0 aliphatic heterocycles. The second kappa shape index (κ2) is 4.78. The maximum absolute atomic E-state index is 11.7. The van der Waals surface area contributed by atoms with E-state index >= 15 is 0 Å². The fraction of sp³-hybridized carbons (Fsp3) is 1.00. The molecule has 0 saturated heterocycles. The summed E-state index contributed by atoms with van der Waals surface area (Å²) in [6.07, 6.45) is 4.96. The summed E-state index contributed by atoms with van der Waals surface area (Å²) >= 11 is 0. The van der Waals surface area contributed by atoms with E-state index in [-0.39, 0.29) is 0 Å². The lowest BCUT2D eigenvalue weighted by molar-refractivity contribution is 0.272. The van der Waals surface area contributed by atoms with Crippen LogP contribution in [0.4, 0.5) is 0 Å². The van der Waals surface area contributed by atoms with Crippen molar-refractivity contribution in [1.82, 2.24) is 9.03 Å². The van der Waals surface area contributed by atoms with E-state index < -0.39 is 15.7 Å². The molecule has 0 spiro atoms. The first-order valence-electron chi connectivity index (χ1n) is 5.33. The third-order valence-electron chi connectivity index (χ3n) is 3.03. The highest BCUT2D eigenvalue weighted by atomic mass is 32.2. The van der Waals surface area contributed by atoms with Crippen LogP contribution in [0.3, 0.4) is 0 Å².